The molecule has 102 valence electrons. The maximum Gasteiger partial charge on any atom is 0.0743 e. The van der Waals surface area contributed by atoms with Gasteiger partial charge in [0.25, 0.3) is 0 Å². The van der Waals surface area contributed by atoms with Crippen LogP contribution in [0.1, 0.15) is 23.9 Å². The van der Waals surface area contributed by atoms with Crippen LogP contribution in [0.15, 0.2) is 27.1 Å². The second kappa shape index (κ2) is 5.77. The summed E-state index contributed by atoms with van der Waals surface area (Å²) in [5.74, 6) is 0. The Balaban J connectivity index is 2.57. The second-order valence-corrected chi connectivity index (χ2v) is 6.56. The summed E-state index contributed by atoms with van der Waals surface area (Å²) < 4.78 is 4.10. The molecule has 0 saturated heterocycles. The van der Waals surface area contributed by atoms with Crippen LogP contribution in [0.2, 0.25) is 0 Å². The standard InChI is InChI=1S/C14H17Br2N3/c1-8(17)6-11-7-12(15)4-5-13(11)19-10(3)14(16)9(2)18-19/h4-5,7-8H,6,17H2,1-3H3. The number of nitrogens with two attached hydrogens (primary N) is 1. The summed E-state index contributed by atoms with van der Waals surface area (Å²) >= 11 is 7.09. The van der Waals surface area contributed by atoms with Crippen molar-refractivity contribution in [3.05, 3.63) is 44.1 Å². The van der Waals surface area contributed by atoms with E-state index in [9.17, 15) is 0 Å². The molecule has 0 aliphatic heterocycles. The van der Waals surface area contributed by atoms with Crippen LogP contribution in [0.25, 0.3) is 5.69 Å². The lowest BCUT2D eigenvalue weighted by atomic mass is 10.1. The van der Waals surface area contributed by atoms with Gasteiger partial charge in [-0.25, -0.2) is 4.68 Å². The number of rotatable bonds is 3. The number of benzene rings is 1. The smallest absolute Gasteiger partial charge is 0.0743 e. The zero-order valence-electron chi connectivity index (χ0n) is 11.2. The first kappa shape index (κ1) is 14.8. The summed E-state index contributed by atoms with van der Waals surface area (Å²) in [6.07, 6.45) is 0.824. The number of hydrogen-bond donors (Lipinski definition) is 1. The Kier molecular flexibility index (Phi) is 4.48. The van der Waals surface area contributed by atoms with Crippen molar-refractivity contribution < 1.29 is 0 Å². The SMILES string of the molecule is Cc1nn(-c2ccc(Br)cc2CC(C)N)c(C)c1Br. The van der Waals surface area contributed by atoms with Crippen molar-refractivity contribution in [1.82, 2.24) is 9.78 Å². The summed E-state index contributed by atoms with van der Waals surface area (Å²) in [4.78, 5) is 0. The molecule has 2 N–H and O–H groups in total. The molecule has 0 radical (unpaired) electrons. The summed E-state index contributed by atoms with van der Waals surface area (Å²) in [7, 11) is 0. The molecule has 3 nitrogen and oxygen atoms in total. The van der Waals surface area contributed by atoms with E-state index >= 15 is 0 Å². The summed E-state index contributed by atoms with van der Waals surface area (Å²) in [5, 5.41) is 4.59. The molecule has 0 spiro atoms. The largest absolute Gasteiger partial charge is 0.328 e. The molecule has 2 aromatic rings. The highest BCUT2D eigenvalue weighted by atomic mass is 79.9. The van der Waals surface area contributed by atoms with E-state index in [0.29, 0.717) is 0 Å². The predicted molar refractivity (Wildman–Crippen MR) is 85.8 cm³/mol. The Morgan fingerprint density at radius 2 is 2.00 bits per heavy atom. The van der Waals surface area contributed by atoms with Gasteiger partial charge >= 0.3 is 0 Å². The van der Waals surface area contributed by atoms with Crippen molar-refractivity contribution in [2.45, 2.75) is 33.2 Å². The first-order chi connectivity index (χ1) is 8.90. The van der Waals surface area contributed by atoms with Crippen molar-refractivity contribution in [1.29, 1.82) is 0 Å². The van der Waals surface area contributed by atoms with Crippen LogP contribution in [-0.4, -0.2) is 15.8 Å². The van der Waals surface area contributed by atoms with Gasteiger partial charge < -0.3 is 5.73 Å². The minimum absolute atomic E-state index is 0.119. The fourth-order valence-electron chi connectivity index (χ4n) is 2.13. The van der Waals surface area contributed by atoms with Crippen LogP contribution in [0.5, 0.6) is 0 Å². The normalized spacial score (nSPS) is 12.7. The summed E-state index contributed by atoms with van der Waals surface area (Å²) in [6, 6.07) is 6.34. The second-order valence-electron chi connectivity index (χ2n) is 4.85. The molecule has 1 unspecified atom stereocenters. The third-order valence-electron chi connectivity index (χ3n) is 3.01. The van der Waals surface area contributed by atoms with Crippen molar-refractivity contribution in [2.24, 2.45) is 5.73 Å². The number of hydrogen-bond acceptors (Lipinski definition) is 2. The maximum absolute atomic E-state index is 5.94. The van der Waals surface area contributed by atoms with Gasteiger partial charge in [0.1, 0.15) is 0 Å². The molecule has 1 aromatic heterocycles. The predicted octanol–water partition coefficient (Wildman–Crippen LogP) is 3.90. The van der Waals surface area contributed by atoms with Gasteiger partial charge in [0.2, 0.25) is 0 Å². The van der Waals surface area contributed by atoms with Crippen molar-refractivity contribution >= 4 is 31.9 Å². The molecule has 0 aliphatic rings. The molecule has 2 rings (SSSR count). The average Bonchev–Trinajstić information content (AvgIpc) is 2.57. The first-order valence-corrected chi connectivity index (χ1v) is 7.75. The molecule has 19 heavy (non-hydrogen) atoms. The van der Waals surface area contributed by atoms with Gasteiger partial charge in [-0.1, -0.05) is 15.9 Å². The third kappa shape index (κ3) is 3.09. The zero-order chi connectivity index (χ0) is 14.2. The van der Waals surface area contributed by atoms with Crippen LogP contribution in [0, 0.1) is 13.8 Å². The Morgan fingerprint density at radius 1 is 1.32 bits per heavy atom. The molecule has 0 bridgehead atoms. The maximum atomic E-state index is 5.94. The molecule has 0 aliphatic carbocycles. The Hall–Kier alpha value is -0.650. The van der Waals surface area contributed by atoms with Gasteiger partial charge in [0, 0.05) is 10.5 Å². The van der Waals surface area contributed by atoms with Gasteiger partial charge in [0.15, 0.2) is 0 Å². The highest BCUT2D eigenvalue weighted by Crippen LogP contribution is 2.27. The Bertz CT molecular complexity index is 603. The molecule has 0 fully saturated rings. The number of halogens is 2. The molecular weight excluding hydrogens is 370 g/mol. The number of aryl methyl sites for hydroxylation is 1. The minimum atomic E-state index is 0.119. The van der Waals surface area contributed by atoms with Crippen molar-refractivity contribution in [2.75, 3.05) is 0 Å². The molecule has 1 atom stereocenters. The van der Waals surface area contributed by atoms with Crippen LogP contribution < -0.4 is 5.73 Å². The van der Waals surface area contributed by atoms with E-state index in [1.165, 1.54) is 5.56 Å². The van der Waals surface area contributed by atoms with Crippen LogP contribution in [0.3, 0.4) is 0 Å². The van der Waals surface area contributed by atoms with Crippen LogP contribution in [-0.2, 0) is 6.42 Å². The number of aromatic nitrogens is 2. The molecule has 0 amide bonds. The van der Waals surface area contributed by atoms with E-state index in [2.05, 4.69) is 56.0 Å². The van der Waals surface area contributed by atoms with Crippen molar-refractivity contribution in [3.63, 3.8) is 0 Å². The van der Waals surface area contributed by atoms with E-state index in [1.807, 2.05) is 24.6 Å². The molecular formula is C14H17Br2N3. The van der Waals surface area contributed by atoms with E-state index in [1.54, 1.807) is 0 Å². The summed E-state index contributed by atoms with van der Waals surface area (Å²) in [5.41, 5.74) is 10.3. The Morgan fingerprint density at radius 3 is 2.53 bits per heavy atom. The van der Waals surface area contributed by atoms with E-state index in [4.69, 9.17) is 5.73 Å². The van der Waals surface area contributed by atoms with Crippen molar-refractivity contribution in [3.8, 4) is 5.69 Å². The highest BCUT2D eigenvalue weighted by Gasteiger charge is 2.14. The fourth-order valence-corrected chi connectivity index (χ4v) is 2.79. The average molecular weight is 387 g/mol. The molecule has 1 aromatic carbocycles. The van der Waals surface area contributed by atoms with Crippen LogP contribution in [0.4, 0.5) is 0 Å². The monoisotopic (exact) mass is 385 g/mol. The van der Waals surface area contributed by atoms with E-state index in [-0.39, 0.29) is 6.04 Å². The van der Waals surface area contributed by atoms with Gasteiger partial charge in [-0.3, -0.25) is 0 Å². The van der Waals surface area contributed by atoms with Gasteiger partial charge in [0.05, 0.1) is 21.5 Å². The minimum Gasteiger partial charge on any atom is -0.328 e. The lowest BCUT2D eigenvalue weighted by molar-refractivity contribution is 0.723. The van der Waals surface area contributed by atoms with E-state index in [0.717, 1.165) is 32.4 Å². The lowest BCUT2D eigenvalue weighted by Gasteiger charge is -2.13. The summed E-state index contributed by atoms with van der Waals surface area (Å²) in [6.45, 7) is 6.07. The Labute approximate surface area is 130 Å². The lowest BCUT2D eigenvalue weighted by Crippen LogP contribution is -2.19. The molecule has 0 saturated carbocycles. The van der Waals surface area contributed by atoms with Gasteiger partial charge in [-0.2, -0.15) is 5.10 Å². The quantitative estimate of drug-likeness (QED) is 0.869. The highest BCUT2D eigenvalue weighted by molar-refractivity contribution is 9.10. The van der Waals surface area contributed by atoms with E-state index < -0.39 is 0 Å². The molecule has 1 heterocycles. The zero-order valence-corrected chi connectivity index (χ0v) is 14.4. The topological polar surface area (TPSA) is 43.8 Å². The number of nitrogens with zero attached hydrogens (tertiary/aromatic N) is 2. The van der Waals surface area contributed by atoms with Gasteiger partial charge in [-0.05, 0) is 66.9 Å². The molecule has 5 heteroatoms. The van der Waals surface area contributed by atoms with Gasteiger partial charge in [-0.15, -0.1) is 0 Å². The third-order valence-corrected chi connectivity index (χ3v) is 4.66. The first-order valence-electron chi connectivity index (χ1n) is 6.16. The van der Waals surface area contributed by atoms with Crippen LogP contribution >= 0.6 is 31.9 Å². The fraction of sp³-hybridized carbons (Fsp3) is 0.357.